The molecular formula is C23H22ClNO3. The molecule has 0 aliphatic heterocycles. The van der Waals surface area contributed by atoms with Crippen LogP contribution in [0, 0.1) is 16.0 Å². The van der Waals surface area contributed by atoms with Crippen LogP contribution < -0.4 is 0 Å². The van der Waals surface area contributed by atoms with Gasteiger partial charge in [-0.15, -0.1) is 0 Å². The lowest BCUT2D eigenvalue weighted by molar-refractivity contribution is -0.531. The summed E-state index contributed by atoms with van der Waals surface area (Å²) >= 11 is 6.46. The largest absolute Gasteiger partial charge is 0.298 e. The summed E-state index contributed by atoms with van der Waals surface area (Å²) in [5.41, 5.74) is 2.97. The van der Waals surface area contributed by atoms with Gasteiger partial charge in [0.05, 0.1) is 11.8 Å². The average molecular weight is 396 g/mol. The summed E-state index contributed by atoms with van der Waals surface area (Å²) in [6.45, 7) is 3.89. The van der Waals surface area contributed by atoms with Gasteiger partial charge in [-0.1, -0.05) is 77.9 Å². The Hall–Kier alpha value is -2.72. The van der Waals surface area contributed by atoms with Crippen molar-refractivity contribution in [1.82, 2.24) is 0 Å². The van der Waals surface area contributed by atoms with E-state index < -0.39 is 17.9 Å². The summed E-state index contributed by atoms with van der Waals surface area (Å²) in [4.78, 5) is 24.0. The molecule has 2 aromatic carbocycles. The molecule has 0 bridgehead atoms. The third-order valence-corrected chi connectivity index (χ3v) is 5.54. The average Bonchev–Trinajstić information content (AvgIpc) is 2.67. The van der Waals surface area contributed by atoms with Gasteiger partial charge in [-0.2, -0.15) is 0 Å². The quantitative estimate of drug-likeness (QED) is 0.287. The molecule has 0 radical (unpaired) electrons. The molecule has 0 amide bonds. The monoisotopic (exact) mass is 395 g/mol. The van der Waals surface area contributed by atoms with Gasteiger partial charge in [-0.25, -0.2) is 0 Å². The Balaban J connectivity index is 2.28. The maximum atomic E-state index is 12.3. The second-order valence-electron chi connectivity index (χ2n) is 7.32. The predicted molar refractivity (Wildman–Crippen MR) is 111 cm³/mol. The van der Waals surface area contributed by atoms with Crippen LogP contribution in [0.3, 0.4) is 0 Å². The molecule has 5 heteroatoms. The molecule has 4 nitrogen and oxygen atoms in total. The van der Waals surface area contributed by atoms with Crippen molar-refractivity contribution >= 4 is 17.9 Å². The number of benzene rings is 2. The Morgan fingerprint density at radius 1 is 1.07 bits per heavy atom. The van der Waals surface area contributed by atoms with Gasteiger partial charge >= 0.3 is 0 Å². The van der Waals surface area contributed by atoms with Gasteiger partial charge in [0.25, 0.3) is 0 Å². The second-order valence-corrected chi connectivity index (χ2v) is 7.72. The normalized spacial score (nSPS) is 24.2. The van der Waals surface area contributed by atoms with Crippen LogP contribution in [-0.2, 0) is 4.79 Å². The molecule has 0 N–H and O–H groups in total. The lowest BCUT2D eigenvalue weighted by Gasteiger charge is -2.36. The van der Waals surface area contributed by atoms with E-state index in [9.17, 15) is 14.9 Å². The van der Waals surface area contributed by atoms with Crippen molar-refractivity contribution in [3.05, 3.63) is 104 Å². The molecule has 2 aromatic rings. The van der Waals surface area contributed by atoms with Crippen LogP contribution in [0.4, 0.5) is 0 Å². The fraction of sp³-hybridized carbons (Fsp3) is 0.261. The van der Waals surface area contributed by atoms with Crippen molar-refractivity contribution < 1.29 is 9.72 Å². The van der Waals surface area contributed by atoms with Gasteiger partial charge < -0.3 is 0 Å². The second kappa shape index (κ2) is 8.53. The zero-order valence-electron chi connectivity index (χ0n) is 15.8. The Bertz CT molecular complexity index is 932. The van der Waals surface area contributed by atoms with Gasteiger partial charge in [0.2, 0.25) is 6.04 Å². The van der Waals surface area contributed by atoms with E-state index in [2.05, 4.69) is 0 Å². The van der Waals surface area contributed by atoms with Crippen molar-refractivity contribution in [3.8, 4) is 0 Å². The zero-order chi connectivity index (χ0) is 20.3. The highest BCUT2D eigenvalue weighted by atomic mass is 35.5. The van der Waals surface area contributed by atoms with E-state index in [1.165, 1.54) is 0 Å². The van der Waals surface area contributed by atoms with Crippen LogP contribution >= 0.6 is 11.6 Å². The van der Waals surface area contributed by atoms with Gasteiger partial charge in [0, 0.05) is 21.4 Å². The Morgan fingerprint density at radius 3 is 2.29 bits per heavy atom. The summed E-state index contributed by atoms with van der Waals surface area (Å²) in [5, 5.41) is 12.8. The minimum Gasteiger partial charge on any atom is -0.298 e. The van der Waals surface area contributed by atoms with E-state index in [0.29, 0.717) is 10.6 Å². The van der Waals surface area contributed by atoms with E-state index in [1.807, 2.05) is 74.5 Å². The van der Waals surface area contributed by atoms with Crippen molar-refractivity contribution in [2.45, 2.75) is 31.7 Å². The summed E-state index contributed by atoms with van der Waals surface area (Å²) < 4.78 is 0. The summed E-state index contributed by atoms with van der Waals surface area (Å²) in [5.74, 6) is -1.40. The maximum absolute atomic E-state index is 12.3. The summed E-state index contributed by atoms with van der Waals surface area (Å²) in [7, 11) is 0. The first kappa shape index (κ1) is 20.0. The standard InChI is InChI=1S/C23H22ClNO3/c1-15(2)12-17-13-18(14-26)21(16-8-4-3-5-9-16)23(25(27)28)22(17)19-10-6-7-11-20(19)24/h3-14,17,21-23H,1-2H3/t17-,21+,22-,23-/m0/s1. The summed E-state index contributed by atoms with van der Waals surface area (Å²) in [6.07, 6.45) is 4.60. The first-order valence-corrected chi connectivity index (χ1v) is 9.56. The maximum Gasteiger partial charge on any atom is 0.231 e. The van der Waals surface area contributed by atoms with E-state index in [-0.39, 0.29) is 10.8 Å². The highest BCUT2D eigenvalue weighted by Gasteiger charge is 2.49. The first-order valence-electron chi connectivity index (χ1n) is 9.18. The number of halogens is 1. The number of hydrogen-bond acceptors (Lipinski definition) is 3. The first-order chi connectivity index (χ1) is 13.4. The Morgan fingerprint density at radius 2 is 1.71 bits per heavy atom. The topological polar surface area (TPSA) is 60.2 Å². The van der Waals surface area contributed by atoms with E-state index in [4.69, 9.17) is 11.6 Å². The van der Waals surface area contributed by atoms with Crippen LogP contribution in [0.5, 0.6) is 0 Å². The molecule has 28 heavy (non-hydrogen) atoms. The van der Waals surface area contributed by atoms with Crippen molar-refractivity contribution in [1.29, 1.82) is 0 Å². The van der Waals surface area contributed by atoms with Crippen molar-refractivity contribution in [2.24, 2.45) is 5.92 Å². The summed E-state index contributed by atoms with van der Waals surface area (Å²) in [6, 6.07) is 15.4. The lowest BCUT2D eigenvalue weighted by atomic mass is 9.66. The van der Waals surface area contributed by atoms with E-state index >= 15 is 0 Å². The number of carbonyl (C=O) groups is 1. The van der Waals surface area contributed by atoms with E-state index in [0.717, 1.165) is 23.0 Å². The third kappa shape index (κ3) is 3.92. The van der Waals surface area contributed by atoms with Crippen LogP contribution in [0.2, 0.25) is 5.02 Å². The molecule has 0 fully saturated rings. The number of nitro groups is 1. The molecule has 0 saturated carbocycles. The van der Waals surface area contributed by atoms with Crippen LogP contribution in [-0.4, -0.2) is 17.3 Å². The third-order valence-electron chi connectivity index (χ3n) is 5.20. The molecule has 3 rings (SSSR count). The predicted octanol–water partition coefficient (Wildman–Crippen LogP) is 5.57. The highest BCUT2D eigenvalue weighted by Crippen LogP contribution is 2.47. The number of rotatable bonds is 5. The molecule has 0 spiro atoms. The number of carbonyl (C=O) groups excluding carboxylic acids is 1. The SMILES string of the molecule is CC(C)=C[C@H]1C=C(C=O)[C@@H](c2ccccc2)[C@H]([N+](=O)[O-])[C@@H]1c1ccccc1Cl. The fourth-order valence-electron chi connectivity index (χ4n) is 4.15. The zero-order valence-corrected chi connectivity index (χ0v) is 16.5. The number of nitrogens with zero attached hydrogens (tertiary/aromatic N) is 1. The molecule has 0 unspecified atom stereocenters. The minimum atomic E-state index is -1.01. The van der Waals surface area contributed by atoms with Crippen molar-refractivity contribution in [3.63, 3.8) is 0 Å². The van der Waals surface area contributed by atoms with Crippen LogP contribution in [0.25, 0.3) is 0 Å². The Kier molecular flexibility index (Phi) is 6.10. The number of allylic oxidation sites excluding steroid dienone is 3. The highest BCUT2D eigenvalue weighted by molar-refractivity contribution is 6.31. The fourth-order valence-corrected chi connectivity index (χ4v) is 4.41. The molecular weight excluding hydrogens is 374 g/mol. The van der Waals surface area contributed by atoms with Gasteiger partial charge in [0.15, 0.2) is 0 Å². The molecule has 0 heterocycles. The van der Waals surface area contributed by atoms with Crippen molar-refractivity contribution in [2.75, 3.05) is 0 Å². The molecule has 0 aromatic heterocycles. The minimum absolute atomic E-state index is 0.256. The molecule has 1 aliphatic rings. The van der Waals surface area contributed by atoms with Crippen LogP contribution in [0.15, 0.2) is 77.9 Å². The molecule has 1 aliphatic carbocycles. The van der Waals surface area contributed by atoms with Gasteiger partial charge in [0.1, 0.15) is 6.29 Å². The molecule has 144 valence electrons. The van der Waals surface area contributed by atoms with Crippen LogP contribution in [0.1, 0.15) is 36.8 Å². The number of aldehydes is 1. The lowest BCUT2D eigenvalue weighted by Crippen LogP contribution is -2.41. The van der Waals surface area contributed by atoms with E-state index in [1.54, 1.807) is 6.07 Å². The molecule has 0 saturated heterocycles. The number of hydrogen-bond donors (Lipinski definition) is 0. The Labute approximate surface area is 169 Å². The van der Waals surface area contributed by atoms with Gasteiger partial charge in [-0.05, 0) is 31.0 Å². The smallest absolute Gasteiger partial charge is 0.231 e. The molecule has 4 atom stereocenters. The van der Waals surface area contributed by atoms with Gasteiger partial charge in [-0.3, -0.25) is 14.9 Å².